The first-order valence-corrected chi connectivity index (χ1v) is 5.30. The number of nitrogens with one attached hydrogen (secondary N) is 1. The second-order valence-corrected chi connectivity index (χ2v) is 3.48. The SMILES string of the molecule is CCO/C=C(\C)c1ccccc1NC(C)=O. The van der Waals surface area contributed by atoms with Gasteiger partial charge in [0.2, 0.25) is 5.91 Å². The Morgan fingerprint density at radius 3 is 2.69 bits per heavy atom. The van der Waals surface area contributed by atoms with Gasteiger partial charge in [-0.25, -0.2) is 0 Å². The summed E-state index contributed by atoms with van der Waals surface area (Å²) >= 11 is 0. The molecule has 0 aliphatic carbocycles. The van der Waals surface area contributed by atoms with Gasteiger partial charge < -0.3 is 10.1 Å². The third-order valence-electron chi connectivity index (χ3n) is 2.09. The maximum atomic E-state index is 11.0. The Kier molecular flexibility index (Phi) is 4.58. The van der Waals surface area contributed by atoms with E-state index in [9.17, 15) is 4.79 Å². The molecule has 0 spiro atoms. The topological polar surface area (TPSA) is 38.3 Å². The van der Waals surface area contributed by atoms with Crippen molar-refractivity contribution in [3.05, 3.63) is 36.1 Å². The highest BCUT2D eigenvalue weighted by molar-refractivity contribution is 5.92. The zero-order chi connectivity index (χ0) is 12.0. The fraction of sp³-hybridized carbons (Fsp3) is 0.308. The maximum absolute atomic E-state index is 11.0. The molecule has 0 aromatic heterocycles. The average Bonchev–Trinajstić information content (AvgIpc) is 2.26. The second kappa shape index (κ2) is 5.95. The molecule has 0 atom stereocenters. The molecule has 3 nitrogen and oxygen atoms in total. The van der Waals surface area contributed by atoms with Gasteiger partial charge in [-0.3, -0.25) is 4.79 Å². The smallest absolute Gasteiger partial charge is 0.221 e. The van der Waals surface area contributed by atoms with Crippen LogP contribution in [0.3, 0.4) is 0 Å². The summed E-state index contributed by atoms with van der Waals surface area (Å²) in [5.74, 6) is -0.0725. The molecule has 1 aromatic carbocycles. The van der Waals surface area contributed by atoms with Crippen LogP contribution in [0.1, 0.15) is 26.3 Å². The van der Waals surface area contributed by atoms with E-state index in [-0.39, 0.29) is 5.91 Å². The summed E-state index contributed by atoms with van der Waals surface area (Å²) in [6, 6.07) is 7.66. The van der Waals surface area contributed by atoms with Crippen molar-refractivity contribution in [1.82, 2.24) is 0 Å². The normalized spacial score (nSPS) is 11.1. The predicted octanol–water partition coefficient (Wildman–Crippen LogP) is 3.04. The van der Waals surface area contributed by atoms with Gasteiger partial charge >= 0.3 is 0 Å². The lowest BCUT2D eigenvalue weighted by Crippen LogP contribution is -2.07. The quantitative estimate of drug-likeness (QED) is 0.790. The van der Waals surface area contributed by atoms with Gasteiger partial charge in [0.15, 0.2) is 0 Å². The molecule has 0 aliphatic heterocycles. The first kappa shape index (κ1) is 12.3. The number of carbonyl (C=O) groups is 1. The summed E-state index contributed by atoms with van der Waals surface area (Å²) in [4.78, 5) is 11.0. The van der Waals surface area contributed by atoms with Gasteiger partial charge in [0.25, 0.3) is 0 Å². The zero-order valence-electron chi connectivity index (χ0n) is 9.91. The Hall–Kier alpha value is -1.77. The standard InChI is InChI=1S/C13H17NO2/c1-4-16-9-10(2)12-7-5-6-8-13(12)14-11(3)15/h5-9H,4H2,1-3H3,(H,14,15)/b10-9+. The highest BCUT2D eigenvalue weighted by Crippen LogP contribution is 2.23. The van der Waals surface area contributed by atoms with Crippen LogP contribution in [0.4, 0.5) is 5.69 Å². The number of hydrogen-bond acceptors (Lipinski definition) is 2. The van der Waals surface area contributed by atoms with Crippen LogP contribution in [-0.4, -0.2) is 12.5 Å². The van der Waals surface area contributed by atoms with E-state index in [0.29, 0.717) is 6.61 Å². The van der Waals surface area contributed by atoms with Gasteiger partial charge in [-0.1, -0.05) is 18.2 Å². The maximum Gasteiger partial charge on any atom is 0.221 e. The van der Waals surface area contributed by atoms with E-state index in [2.05, 4.69) is 5.32 Å². The minimum absolute atomic E-state index is 0.0725. The largest absolute Gasteiger partial charge is 0.501 e. The molecule has 86 valence electrons. The van der Waals surface area contributed by atoms with Crippen LogP contribution in [-0.2, 0) is 9.53 Å². The van der Waals surface area contributed by atoms with Crippen LogP contribution < -0.4 is 5.32 Å². The highest BCUT2D eigenvalue weighted by Gasteiger charge is 2.04. The van der Waals surface area contributed by atoms with Crippen molar-refractivity contribution in [3.63, 3.8) is 0 Å². The molecular weight excluding hydrogens is 202 g/mol. The molecule has 0 saturated carbocycles. The summed E-state index contributed by atoms with van der Waals surface area (Å²) < 4.78 is 5.23. The fourth-order valence-electron chi connectivity index (χ4n) is 1.40. The number of benzene rings is 1. The van der Waals surface area contributed by atoms with Gasteiger partial charge in [0, 0.05) is 18.2 Å². The molecule has 0 radical (unpaired) electrons. The van der Waals surface area contributed by atoms with Crippen molar-refractivity contribution in [2.75, 3.05) is 11.9 Å². The lowest BCUT2D eigenvalue weighted by Gasteiger charge is -2.10. The number of rotatable bonds is 4. The molecule has 3 heteroatoms. The number of hydrogen-bond donors (Lipinski definition) is 1. The lowest BCUT2D eigenvalue weighted by molar-refractivity contribution is -0.114. The zero-order valence-corrected chi connectivity index (χ0v) is 9.91. The predicted molar refractivity (Wildman–Crippen MR) is 66.0 cm³/mol. The molecule has 1 N–H and O–H groups in total. The molecule has 16 heavy (non-hydrogen) atoms. The van der Waals surface area contributed by atoms with Gasteiger partial charge in [-0.05, 0) is 25.5 Å². The Labute approximate surface area is 96.1 Å². The van der Waals surface area contributed by atoms with Gasteiger partial charge in [-0.2, -0.15) is 0 Å². The fourth-order valence-corrected chi connectivity index (χ4v) is 1.40. The Bertz CT molecular complexity index is 397. The molecule has 0 aliphatic rings. The average molecular weight is 219 g/mol. The van der Waals surface area contributed by atoms with Crippen molar-refractivity contribution in [1.29, 1.82) is 0 Å². The number of ether oxygens (including phenoxy) is 1. The van der Waals surface area contributed by atoms with Gasteiger partial charge in [0.1, 0.15) is 0 Å². The highest BCUT2D eigenvalue weighted by atomic mass is 16.5. The van der Waals surface area contributed by atoms with E-state index < -0.39 is 0 Å². The van der Waals surface area contributed by atoms with E-state index in [4.69, 9.17) is 4.74 Å². The van der Waals surface area contributed by atoms with Crippen molar-refractivity contribution in [2.24, 2.45) is 0 Å². The number of para-hydroxylation sites is 1. The van der Waals surface area contributed by atoms with Crippen molar-refractivity contribution in [3.8, 4) is 0 Å². The summed E-state index contributed by atoms with van der Waals surface area (Å²) in [5.41, 5.74) is 2.78. The van der Waals surface area contributed by atoms with Gasteiger partial charge in [-0.15, -0.1) is 0 Å². The van der Waals surface area contributed by atoms with Crippen LogP contribution >= 0.6 is 0 Å². The number of carbonyl (C=O) groups excluding carboxylic acids is 1. The van der Waals surface area contributed by atoms with E-state index in [1.807, 2.05) is 38.1 Å². The summed E-state index contributed by atoms with van der Waals surface area (Å²) in [6.45, 7) is 6.03. The molecular formula is C13H17NO2. The minimum Gasteiger partial charge on any atom is -0.501 e. The molecule has 1 amide bonds. The van der Waals surface area contributed by atoms with E-state index in [0.717, 1.165) is 16.8 Å². The van der Waals surface area contributed by atoms with Crippen molar-refractivity contribution < 1.29 is 9.53 Å². The Morgan fingerprint density at radius 1 is 1.38 bits per heavy atom. The molecule has 0 saturated heterocycles. The molecule has 0 fully saturated rings. The summed E-state index contributed by atoms with van der Waals surface area (Å²) in [7, 11) is 0. The van der Waals surface area contributed by atoms with Crippen LogP contribution in [0.2, 0.25) is 0 Å². The number of amides is 1. The third kappa shape index (κ3) is 3.42. The second-order valence-electron chi connectivity index (χ2n) is 3.48. The molecule has 1 rings (SSSR count). The molecule has 0 bridgehead atoms. The Balaban J connectivity index is 2.98. The number of anilines is 1. The first-order valence-electron chi connectivity index (χ1n) is 5.30. The molecule has 0 unspecified atom stereocenters. The number of allylic oxidation sites excluding steroid dienone is 1. The van der Waals surface area contributed by atoms with Crippen LogP contribution in [0.25, 0.3) is 5.57 Å². The van der Waals surface area contributed by atoms with Crippen LogP contribution in [0.15, 0.2) is 30.5 Å². The Morgan fingerprint density at radius 2 is 2.06 bits per heavy atom. The molecule has 0 heterocycles. The van der Waals surface area contributed by atoms with Crippen LogP contribution in [0.5, 0.6) is 0 Å². The van der Waals surface area contributed by atoms with Crippen molar-refractivity contribution in [2.45, 2.75) is 20.8 Å². The van der Waals surface area contributed by atoms with E-state index in [1.54, 1.807) is 6.26 Å². The summed E-state index contributed by atoms with van der Waals surface area (Å²) in [5, 5.41) is 2.80. The van der Waals surface area contributed by atoms with Gasteiger partial charge in [0.05, 0.1) is 12.9 Å². The van der Waals surface area contributed by atoms with Crippen LogP contribution in [0, 0.1) is 0 Å². The minimum atomic E-state index is -0.0725. The first-order chi connectivity index (χ1) is 7.65. The lowest BCUT2D eigenvalue weighted by atomic mass is 10.1. The van der Waals surface area contributed by atoms with Crippen molar-refractivity contribution >= 4 is 17.2 Å². The summed E-state index contributed by atoms with van der Waals surface area (Å²) in [6.07, 6.45) is 1.71. The van der Waals surface area contributed by atoms with E-state index >= 15 is 0 Å². The van der Waals surface area contributed by atoms with E-state index in [1.165, 1.54) is 6.92 Å². The monoisotopic (exact) mass is 219 g/mol. The molecule has 1 aromatic rings. The third-order valence-corrected chi connectivity index (χ3v) is 2.09.